The predicted octanol–water partition coefficient (Wildman–Crippen LogP) is 2.43. The lowest BCUT2D eigenvalue weighted by Gasteiger charge is -2.39. The first kappa shape index (κ1) is 21.1. The van der Waals surface area contributed by atoms with Gasteiger partial charge in [-0.1, -0.05) is 13.0 Å². The molecular weight excluding hydrogens is 394 g/mol. The Hall–Kier alpha value is -3.13. The third-order valence-corrected chi connectivity index (χ3v) is 6.11. The molecule has 1 unspecified atom stereocenters. The lowest BCUT2D eigenvalue weighted by atomic mass is 10.0. The smallest absolute Gasteiger partial charge is 0.269 e. The second-order valence-corrected chi connectivity index (χ2v) is 7.94. The van der Waals surface area contributed by atoms with Gasteiger partial charge in [-0.2, -0.15) is 0 Å². The minimum atomic E-state index is -0.413. The van der Waals surface area contributed by atoms with Gasteiger partial charge in [0.2, 0.25) is 0 Å². The molecular formula is C23H29N5O3. The average molecular weight is 424 g/mol. The van der Waals surface area contributed by atoms with E-state index in [9.17, 15) is 9.59 Å². The van der Waals surface area contributed by atoms with Crippen LogP contribution in [-0.2, 0) is 4.79 Å². The highest BCUT2D eigenvalue weighted by atomic mass is 16.5. The number of nitrogens with zero attached hydrogens (tertiary/aromatic N) is 3. The van der Waals surface area contributed by atoms with Gasteiger partial charge >= 0.3 is 0 Å². The first-order valence-electron chi connectivity index (χ1n) is 10.8. The zero-order valence-electron chi connectivity index (χ0n) is 18.2. The molecule has 1 aromatic carbocycles. The van der Waals surface area contributed by atoms with Gasteiger partial charge in [0.15, 0.2) is 6.10 Å². The van der Waals surface area contributed by atoms with Crippen molar-refractivity contribution in [2.45, 2.75) is 32.4 Å². The Morgan fingerprint density at radius 3 is 2.68 bits per heavy atom. The van der Waals surface area contributed by atoms with Gasteiger partial charge in [-0.15, -0.1) is 0 Å². The molecule has 1 aromatic heterocycles. The van der Waals surface area contributed by atoms with Gasteiger partial charge in [0.25, 0.3) is 11.8 Å². The standard InChI is InChI=1S/C23H29N5O3/c1-4-20-23(30)26-19-13-16(5-8-21(19)31-20)15(2)27-9-11-28(12-10-27)17-6-7-18(25-14-17)22(29)24-3/h5-8,13-15,20H,4,9-12H2,1-3H3,(H,24,29)(H,26,30)/t15?,20-/m0/s1. The number of amides is 2. The molecule has 3 heterocycles. The maximum Gasteiger partial charge on any atom is 0.269 e. The maximum absolute atomic E-state index is 12.1. The normalized spacial score (nSPS) is 19.8. The second-order valence-electron chi connectivity index (χ2n) is 7.94. The molecule has 2 N–H and O–H groups in total. The van der Waals surface area contributed by atoms with E-state index < -0.39 is 6.10 Å². The summed E-state index contributed by atoms with van der Waals surface area (Å²) in [5.74, 6) is 0.478. The van der Waals surface area contributed by atoms with Crippen molar-refractivity contribution in [1.29, 1.82) is 0 Å². The van der Waals surface area contributed by atoms with E-state index in [1.807, 2.05) is 25.1 Å². The summed E-state index contributed by atoms with van der Waals surface area (Å²) >= 11 is 0. The molecule has 0 aliphatic carbocycles. The van der Waals surface area contributed by atoms with Crippen molar-refractivity contribution in [3.63, 3.8) is 0 Å². The minimum absolute atomic E-state index is 0.0792. The topological polar surface area (TPSA) is 86.8 Å². The van der Waals surface area contributed by atoms with Crippen LogP contribution in [0.3, 0.4) is 0 Å². The Labute approximate surface area is 182 Å². The third kappa shape index (κ3) is 4.34. The molecule has 2 atom stereocenters. The zero-order chi connectivity index (χ0) is 22.0. The Morgan fingerprint density at radius 2 is 2.03 bits per heavy atom. The summed E-state index contributed by atoms with van der Waals surface area (Å²) in [4.78, 5) is 32.8. The summed E-state index contributed by atoms with van der Waals surface area (Å²) in [5.41, 5.74) is 3.36. The molecule has 31 heavy (non-hydrogen) atoms. The van der Waals surface area contributed by atoms with Crippen molar-refractivity contribution < 1.29 is 14.3 Å². The summed E-state index contributed by atoms with van der Waals surface area (Å²) in [6, 6.07) is 10.0. The zero-order valence-corrected chi connectivity index (χ0v) is 18.2. The predicted molar refractivity (Wildman–Crippen MR) is 120 cm³/mol. The van der Waals surface area contributed by atoms with E-state index in [4.69, 9.17) is 4.74 Å². The van der Waals surface area contributed by atoms with Crippen molar-refractivity contribution in [2.24, 2.45) is 0 Å². The van der Waals surface area contributed by atoms with E-state index in [-0.39, 0.29) is 17.9 Å². The van der Waals surface area contributed by atoms with Crippen LogP contribution in [0.5, 0.6) is 5.75 Å². The van der Waals surface area contributed by atoms with E-state index in [0.717, 1.165) is 48.9 Å². The van der Waals surface area contributed by atoms with Gasteiger partial charge in [0, 0.05) is 39.3 Å². The van der Waals surface area contributed by atoms with Gasteiger partial charge in [-0.3, -0.25) is 14.5 Å². The molecule has 2 aromatic rings. The highest BCUT2D eigenvalue weighted by Crippen LogP contribution is 2.34. The first-order chi connectivity index (χ1) is 15.0. The molecule has 8 heteroatoms. The molecule has 4 rings (SSSR count). The third-order valence-electron chi connectivity index (χ3n) is 6.11. The van der Waals surface area contributed by atoms with Crippen molar-refractivity contribution in [3.05, 3.63) is 47.8 Å². The number of hydrogen-bond donors (Lipinski definition) is 2. The van der Waals surface area contributed by atoms with E-state index in [0.29, 0.717) is 12.1 Å². The van der Waals surface area contributed by atoms with Crippen LogP contribution >= 0.6 is 0 Å². The fourth-order valence-corrected chi connectivity index (χ4v) is 4.11. The van der Waals surface area contributed by atoms with Gasteiger partial charge in [0.1, 0.15) is 11.4 Å². The summed E-state index contributed by atoms with van der Waals surface area (Å²) in [6.07, 6.45) is 2.00. The Morgan fingerprint density at radius 1 is 1.26 bits per heavy atom. The summed E-state index contributed by atoms with van der Waals surface area (Å²) in [6.45, 7) is 7.73. The number of nitrogens with one attached hydrogen (secondary N) is 2. The van der Waals surface area contributed by atoms with Gasteiger partial charge < -0.3 is 20.3 Å². The lowest BCUT2D eigenvalue weighted by molar-refractivity contribution is -0.123. The first-order valence-corrected chi connectivity index (χ1v) is 10.8. The fraction of sp³-hybridized carbons (Fsp3) is 0.435. The van der Waals surface area contributed by atoms with Crippen molar-refractivity contribution in [1.82, 2.24) is 15.2 Å². The Balaban J connectivity index is 1.38. The number of fused-ring (bicyclic) bond motifs is 1. The van der Waals surface area contributed by atoms with Crippen LogP contribution in [0.15, 0.2) is 36.5 Å². The quantitative estimate of drug-likeness (QED) is 0.768. The summed E-state index contributed by atoms with van der Waals surface area (Å²) < 4.78 is 5.80. The van der Waals surface area contributed by atoms with E-state index in [1.165, 1.54) is 0 Å². The summed E-state index contributed by atoms with van der Waals surface area (Å²) in [7, 11) is 1.60. The van der Waals surface area contributed by atoms with E-state index in [2.05, 4.69) is 38.4 Å². The van der Waals surface area contributed by atoms with Gasteiger partial charge in [0.05, 0.1) is 17.6 Å². The van der Waals surface area contributed by atoms with Crippen LogP contribution in [0.2, 0.25) is 0 Å². The maximum atomic E-state index is 12.1. The molecule has 1 saturated heterocycles. The number of pyridine rings is 1. The minimum Gasteiger partial charge on any atom is -0.478 e. The molecule has 164 valence electrons. The van der Waals surface area contributed by atoms with E-state index in [1.54, 1.807) is 19.3 Å². The number of ether oxygens (including phenoxy) is 1. The number of carbonyl (C=O) groups excluding carboxylic acids is 2. The van der Waals surface area contributed by atoms with Crippen molar-refractivity contribution >= 4 is 23.2 Å². The number of aromatic nitrogens is 1. The Bertz CT molecular complexity index is 954. The largest absolute Gasteiger partial charge is 0.478 e. The van der Waals surface area contributed by atoms with Crippen LogP contribution in [0.25, 0.3) is 0 Å². The van der Waals surface area contributed by atoms with Crippen LogP contribution in [0, 0.1) is 0 Å². The number of piperazine rings is 1. The molecule has 2 aliphatic heterocycles. The highest BCUT2D eigenvalue weighted by molar-refractivity contribution is 5.97. The SMILES string of the molecule is CC[C@@H]1Oc2ccc(C(C)N3CCN(c4ccc(C(=O)NC)nc4)CC3)cc2NC1=O. The summed E-state index contributed by atoms with van der Waals surface area (Å²) in [5, 5.41) is 5.57. The van der Waals surface area contributed by atoms with Crippen LogP contribution in [0.1, 0.15) is 42.4 Å². The molecule has 8 nitrogen and oxygen atoms in total. The Kier molecular flexibility index (Phi) is 6.08. The van der Waals surface area contributed by atoms with Crippen molar-refractivity contribution in [2.75, 3.05) is 43.4 Å². The van der Waals surface area contributed by atoms with Crippen molar-refractivity contribution in [3.8, 4) is 5.75 Å². The fourth-order valence-electron chi connectivity index (χ4n) is 4.11. The number of anilines is 2. The lowest BCUT2D eigenvalue weighted by Crippen LogP contribution is -2.47. The molecule has 0 bridgehead atoms. The number of hydrogen-bond acceptors (Lipinski definition) is 6. The monoisotopic (exact) mass is 423 g/mol. The molecule has 2 aliphatic rings. The van der Waals surface area contributed by atoms with Gasteiger partial charge in [-0.25, -0.2) is 4.98 Å². The van der Waals surface area contributed by atoms with Crippen LogP contribution < -0.4 is 20.3 Å². The van der Waals surface area contributed by atoms with Crippen LogP contribution in [-0.4, -0.2) is 61.0 Å². The second kappa shape index (κ2) is 8.93. The molecule has 2 amide bonds. The molecule has 1 fully saturated rings. The molecule has 0 radical (unpaired) electrons. The molecule has 0 spiro atoms. The number of carbonyl (C=O) groups is 2. The van der Waals surface area contributed by atoms with E-state index >= 15 is 0 Å². The number of rotatable bonds is 5. The van der Waals surface area contributed by atoms with Gasteiger partial charge in [-0.05, 0) is 43.2 Å². The highest BCUT2D eigenvalue weighted by Gasteiger charge is 2.28. The van der Waals surface area contributed by atoms with Crippen LogP contribution in [0.4, 0.5) is 11.4 Å². The number of benzene rings is 1. The molecule has 0 saturated carbocycles. The average Bonchev–Trinajstić information content (AvgIpc) is 2.82.